The van der Waals surface area contributed by atoms with Crippen LogP contribution in [0.25, 0.3) is 0 Å². The van der Waals surface area contributed by atoms with E-state index in [4.69, 9.17) is 4.74 Å². The number of anilines is 2. The van der Waals surface area contributed by atoms with Gasteiger partial charge in [0.2, 0.25) is 0 Å². The Kier molecular flexibility index (Phi) is 3.62. The highest BCUT2D eigenvalue weighted by Crippen LogP contribution is 2.22. The average molecular weight is 221 g/mol. The van der Waals surface area contributed by atoms with E-state index in [9.17, 15) is 0 Å². The lowest BCUT2D eigenvalue weighted by atomic mass is 10.1. The molecule has 4 nitrogen and oxygen atoms in total. The second-order valence-corrected chi connectivity index (χ2v) is 4.07. The van der Waals surface area contributed by atoms with Crippen LogP contribution in [0.2, 0.25) is 0 Å². The summed E-state index contributed by atoms with van der Waals surface area (Å²) in [6.45, 7) is 2.12. The van der Waals surface area contributed by atoms with Gasteiger partial charge in [-0.25, -0.2) is 4.98 Å². The molecule has 88 valence electrons. The summed E-state index contributed by atoms with van der Waals surface area (Å²) in [5.41, 5.74) is 1.24. The number of methoxy groups -OCH3 is 1. The van der Waals surface area contributed by atoms with Gasteiger partial charge >= 0.3 is 0 Å². The minimum Gasteiger partial charge on any atom is -0.381 e. The summed E-state index contributed by atoms with van der Waals surface area (Å²) in [4.78, 5) is 6.61. The van der Waals surface area contributed by atoms with Crippen molar-refractivity contribution in [3.63, 3.8) is 0 Å². The van der Waals surface area contributed by atoms with Gasteiger partial charge in [-0.3, -0.25) is 0 Å². The number of ether oxygens (including phenoxy) is 1. The van der Waals surface area contributed by atoms with E-state index in [0.717, 1.165) is 31.7 Å². The number of hydrogen-bond acceptors (Lipinski definition) is 4. The quantitative estimate of drug-likeness (QED) is 0.843. The van der Waals surface area contributed by atoms with Crippen molar-refractivity contribution in [2.75, 3.05) is 37.5 Å². The van der Waals surface area contributed by atoms with Crippen molar-refractivity contribution in [1.29, 1.82) is 0 Å². The highest BCUT2D eigenvalue weighted by Gasteiger charge is 2.18. The first kappa shape index (κ1) is 11.2. The predicted molar refractivity (Wildman–Crippen MR) is 66.0 cm³/mol. The summed E-state index contributed by atoms with van der Waals surface area (Å²) < 4.78 is 5.37. The molecule has 0 spiro atoms. The van der Waals surface area contributed by atoms with E-state index in [2.05, 4.69) is 27.3 Å². The number of rotatable bonds is 3. The molecule has 0 saturated carbocycles. The molecule has 1 N–H and O–H groups in total. The van der Waals surface area contributed by atoms with Crippen LogP contribution in [0.4, 0.5) is 11.5 Å². The van der Waals surface area contributed by atoms with E-state index in [1.165, 1.54) is 5.69 Å². The van der Waals surface area contributed by atoms with Gasteiger partial charge in [0, 0.05) is 45.2 Å². The SMILES string of the molecule is CNc1cc(N2CCC(OC)CC2)ccn1. The molecule has 1 fully saturated rings. The van der Waals surface area contributed by atoms with Crippen molar-refractivity contribution in [1.82, 2.24) is 4.98 Å². The number of nitrogens with zero attached hydrogens (tertiary/aromatic N) is 2. The summed E-state index contributed by atoms with van der Waals surface area (Å²) >= 11 is 0. The van der Waals surface area contributed by atoms with Crippen LogP contribution in [0.15, 0.2) is 18.3 Å². The van der Waals surface area contributed by atoms with Crippen LogP contribution < -0.4 is 10.2 Å². The topological polar surface area (TPSA) is 37.4 Å². The molecule has 2 rings (SSSR count). The van der Waals surface area contributed by atoms with Gasteiger partial charge in [0.25, 0.3) is 0 Å². The third-order valence-corrected chi connectivity index (χ3v) is 3.14. The van der Waals surface area contributed by atoms with Crippen LogP contribution in [0.3, 0.4) is 0 Å². The zero-order valence-electron chi connectivity index (χ0n) is 9.94. The lowest BCUT2D eigenvalue weighted by Gasteiger charge is -2.32. The fourth-order valence-electron chi connectivity index (χ4n) is 2.10. The molecule has 4 heteroatoms. The lowest BCUT2D eigenvalue weighted by Crippen LogP contribution is -2.36. The Labute approximate surface area is 96.6 Å². The van der Waals surface area contributed by atoms with Crippen molar-refractivity contribution in [2.45, 2.75) is 18.9 Å². The first-order chi connectivity index (χ1) is 7.83. The molecule has 0 aromatic carbocycles. The molecule has 1 aromatic heterocycles. The predicted octanol–water partition coefficient (Wildman–Crippen LogP) is 1.74. The van der Waals surface area contributed by atoms with Crippen LogP contribution in [0, 0.1) is 0 Å². The first-order valence-electron chi connectivity index (χ1n) is 5.75. The highest BCUT2D eigenvalue weighted by molar-refractivity contribution is 5.53. The molecule has 1 saturated heterocycles. The number of aromatic nitrogens is 1. The van der Waals surface area contributed by atoms with Crippen molar-refractivity contribution >= 4 is 11.5 Å². The third-order valence-electron chi connectivity index (χ3n) is 3.14. The second kappa shape index (κ2) is 5.16. The number of hydrogen-bond donors (Lipinski definition) is 1. The third kappa shape index (κ3) is 2.44. The maximum absolute atomic E-state index is 5.37. The van der Waals surface area contributed by atoms with Gasteiger partial charge < -0.3 is 15.0 Å². The highest BCUT2D eigenvalue weighted by atomic mass is 16.5. The van der Waals surface area contributed by atoms with Crippen LogP contribution in [-0.4, -0.2) is 38.3 Å². The Bertz CT molecular complexity index is 335. The Morgan fingerprint density at radius 2 is 2.19 bits per heavy atom. The Balaban J connectivity index is 2.02. The van der Waals surface area contributed by atoms with E-state index in [1.807, 2.05) is 13.2 Å². The number of nitrogens with one attached hydrogen (secondary N) is 1. The molecular formula is C12H19N3O. The van der Waals surface area contributed by atoms with Gasteiger partial charge in [-0.2, -0.15) is 0 Å². The zero-order chi connectivity index (χ0) is 11.4. The lowest BCUT2D eigenvalue weighted by molar-refractivity contribution is 0.0819. The Hall–Kier alpha value is -1.29. The number of piperidine rings is 1. The molecule has 16 heavy (non-hydrogen) atoms. The van der Waals surface area contributed by atoms with E-state index in [0.29, 0.717) is 6.10 Å². The smallest absolute Gasteiger partial charge is 0.127 e. The molecule has 1 aromatic rings. The van der Waals surface area contributed by atoms with Gasteiger partial charge in [0.1, 0.15) is 5.82 Å². The maximum atomic E-state index is 5.37. The Morgan fingerprint density at radius 3 is 2.81 bits per heavy atom. The molecule has 1 aliphatic rings. The fraction of sp³-hybridized carbons (Fsp3) is 0.583. The van der Waals surface area contributed by atoms with Gasteiger partial charge in [0.15, 0.2) is 0 Å². The molecule has 0 bridgehead atoms. The van der Waals surface area contributed by atoms with E-state index < -0.39 is 0 Å². The minimum absolute atomic E-state index is 0.432. The molecule has 1 aliphatic heterocycles. The van der Waals surface area contributed by atoms with Crippen LogP contribution >= 0.6 is 0 Å². The second-order valence-electron chi connectivity index (χ2n) is 4.07. The van der Waals surface area contributed by atoms with Gasteiger partial charge in [0.05, 0.1) is 6.10 Å². The average Bonchev–Trinajstić information content (AvgIpc) is 2.39. The maximum Gasteiger partial charge on any atom is 0.127 e. The van der Waals surface area contributed by atoms with Crippen molar-refractivity contribution in [3.8, 4) is 0 Å². The van der Waals surface area contributed by atoms with Crippen molar-refractivity contribution < 1.29 is 4.74 Å². The summed E-state index contributed by atoms with van der Waals surface area (Å²) in [6, 6.07) is 4.15. The molecule has 0 atom stereocenters. The minimum atomic E-state index is 0.432. The van der Waals surface area contributed by atoms with Crippen LogP contribution in [0.5, 0.6) is 0 Å². The summed E-state index contributed by atoms with van der Waals surface area (Å²) in [7, 11) is 3.69. The molecule has 2 heterocycles. The molecule has 0 unspecified atom stereocenters. The van der Waals surface area contributed by atoms with E-state index in [-0.39, 0.29) is 0 Å². The van der Waals surface area contributed by atoms with Crippen LogP contribution in [-0.2, 0) is 4.74 Å². The zero-order valence-corrected chi connectivity index (χ0v) is 9.94. The van der Waals surface area contributed by atoms with Gasteiger partial charge in [-0.15, -0.1) is 0 Å². The first-order valence-corrected chi connectivity index (χ1v) is 5.75. The number of pyridine rings is 1. The van der Waals surface area contributed by atoms with E-state index >= 15 is 0 Å². The summed E-state index contributed by atoms with van der Waals surface area (Å²) in [5, 5.41) is 3.06. The Morgan fingerprint density at radius 1 is 1.44 bits per heavy atom. The van der Waals surface area contributed by atoms with E-state index in [1.54, 1.807) is 7.11 Å². The largest absolute Gasteiger partial charge is 0.381 e. The monoisotopic (exact) mass is 221 g/mol. The van der Waals surface area contributed by atoms with Crippen molar-refractivity contribution in [3.05, 3.63) is 18.3 Å². The molecule has 0 radical (unpaired) electrons. The fourth-order valence-corrected chi connectivity index (χ4v) is 2.10. The van der Waals surface area contributed by atoms with Gasteiger partial charge in [-0.05, 0) is 18.9 Å². The summed E-state index contributed by atoms with van der Waals surface area (Å²) in [5.74, 6) is 0.923. The van der Waals surface area contributed by atoms with Crippen molar-refractivity contribution in [2.24, 2.45) is 0 Å². The van der Waals surface area contributed by atoms with Gasteiger partial charge in [-0.1, -0.05) is 0 Å². The molecule has 0 amide bonds. The standard InChI is InChI=1S/C12H19N3O/c1-13-12-9-10(3-6-14-12)15-7-4-11(16-2)5-8-15/h3,6,9,11H,4-5,7-8H2,1-2H3,(H,13,14). The summed E-state index contributed by atoms with van der Waals surface area (Å²) in [6.07, 6.45) is 4.49. The molecule has 0 aliphatic carbocycles. The molecular weight excluding hydrogens is 202 g/mol. The van der Waals surface area contributed by atoms with Crippen LogP contribution in [0.1, 0.15) is 12.8 Å². The normalized spacial score (nSPS) is 17.5.